The summed E-state index contributed by atoms with van der Waals surface area (Å²) >= 11 is 0. The van der Waals surface area contributed by atoms with Crippen LogP contribution in [0.3, 0.4) is 0 Å². The first-order valence-electron chi connectivity index (χ1n) is 7.92. The van der Waals surface area contributed by atoms with Crippen molar-refractivity contribution in [3.05, 3.63) is 47.5 Å². The van der Waals surface area contributed by atoms with E-state index in [4.69, 9.17) is 0 Å². The van der Waals surface area contributed by atoms with Crippen molar-refractivity contribution in [2.75, 3.05) is 6.54 Å². The van der Waals surface area contributed by atoms with Gasteiger partial charge in [-0.25, -0.2) is 0 Å². The fraction of sp³-hybridized carbons (Fsp3) is 0.444. The van der Waals surface area contributed by atoms with Crippen molar-refractivity contribution < 1.29 is 14.7 Å². The van der Waals surface area contributed by atoms with E-state index in [9.17, 15) is 14.7 Å². The smallest absolute Gasteiger partial charge is 0.307 e. The second kappa shape index (κ2) is 4.97. The number of carboxylic acids is 1. The molecule has 4 heteroatoms. The van der Waals surface area contributed by atoms with Crippen molar-refractivity contribution in [1.82, 2.24) is 4.90 Å². The average Bonchev–Trinajstić information content (AvgIpc) is 3.14. The Bertz CT molecular complexity index is 666. The lowest BCUT2D eigenvalue weighted by Gasteiger charge is -2.34. The number of hydrogen-bond donors (Lipinski definition) is 1. The highest BCUT2D eigenvalue weighted by molar-refractivity contribution is 5.87. The second-order valence-electron chi connectivity index (χ2n) is 6.62. The number of nitrogens with zero attached hydrogens (tertiary/aromatic N) is 1. The molecule has 1 aromatic rings. The molecule has 0 unspecified atom stereocenters. The van der Waals surface area contributed by atoms with Crippen molar-refractivity contribution in [3.8, 4) is 0 Å². The van der Waals surface area contributed by atoms with E-state index in [-0.39, 0.29) is 23.7 Å². The molecule has 3 aliphatic rings. The first-order valence-corrected chi connectivity index (χ1v) is 7.92. The summed E-state index contributed by atoms with van der Waals surface area (Å²) in [4.78, 5) is 26.4. The molecule has 2 aliphatic carbocycles. The Morgan fingerprint density at radius 3 is 2.45 bits per heavy atom. The fourth-order valence-electron chi connectivity index (χ4n) is 4.39. The Hall–Kier alpha value is -2.10. The lowest BCUT2D eigenvalue weighted by molar-refractivity contribution is -0.151. The molecular weight excluding hydrogens is 278 g/mol. The van der Waals surface area contributed by atoms with E-state index in [1.54, 1.807) is 0 Å². The van der Waals surface area contributed by atoms with Crippen LogP contribution in [0, 0.1) is 23.7 Å². The summed E-state index contributed by atoms with van der Waals surface area (Å²) in [7, 11) is 0. The summed E-state index contributed by atoms with van der Waals surface area (Å²) in [5.41, 5.74) is 2.49. The number of allylic oxidation sites excluding steroid dienone is 2. The van der Waals surface area contributed by atoms with E-state index in [1.807, 2.05) is 29.2 Å². The summed E-state index contributed by atoms with van der Waals surface area (Å²) in [6.45, 7) is 1.30. The number of carboxylic acid groups (broad SMARTS) is 1. The maximum absolute atomic E-state index is 12.9. The largest absolute Gasteiger partial charge is 0.481 e. The van der Waals surface area contributed by atoms with E-state index in [0.29, 0.717) is 13.1 Å². The van der Waals surface area contributed by atoms with Gasteiger partial charge in [-0.05, 0) is 35.8 Å². The van der Waals surface area contributed by atoms with Gasteiger partial charge in [-0.3, -0.25) is 9.59 Å². The minimum atomic E-state index is -0.826. The second-order valence-corrected chi connectivity index (χ2v) is 6.62. The van der Waals surface area contributed by atoms with E-state index >= 15 is 0 Å². The van der Waals surface area contributed by atoms with Gasteiger partial charge in [0.25, 0.3) is 0 Å². The molecule has 1 saturated carbocycles. The van der Waals surface area contributed by atoms with E-state index in [1.165, 1.54) is 11.1 Å². The molecule has 1 fully saturated rings. The monoisotopic (exact) mass is 297 g/mol. The zero-order valence-electron chi connectivity index (χ0n) is 12.3. The van der Waals surface area contributed by atoms with Gasteiger partial charge in [-0.2, -0.15) is 0 Å². The molecule has 4 atom stereocenters. The van der Waals surface area contributed by atoms with E-state index < -0.39 is 11.9 Å². The molecule has 2 bridgehead atoms. The van der Waals surface area contributed by atoms with Gasteiger partial charge in [0.1, 0.15) is 0 Å². The van der Waals surface area contributed by atoms with Crippen LogP contribution in [-0.2, 0) is 22.6 Å². The Balaban J connectivity index is 1.58. The third kappa shape index (κ3) is 1.97. The number of rotatable bonds is 2. The summed E-state index contributed by atoms with van der Waals surface area (Å²) in [6, 6.07) is 8.19. The summed E-state index contributed by atoms with van der Waals surface area (Å²) < 4.78 is 0. The third-order valence-electron chi connectivity index (χ3n) is 5.47. The Morgan fingerprint density at radius 1 is 1.05 bits per heavy atom. The van der Waals surface area contributed by atoms with Crippen LogP contribution in [0.15, 0.2) is 36.4 Å². The molecular formula is C18H19NO3. The molecule has 0 radical (unpaired) electrons. The first-order chi connectivity index (χ1) is 10.6. The van der Waals surface area contributed by atoms with Crippen molar-refractivity contribution in [2.45, 2.75) is 19.4 Å². The number of hydrogen-bond acceptors (Lipinski definition) is 2. The lowest BCUT2D eigenvalue weighted by Crippen LogP contribution is -2.44. The van der Waals surface area contributed by atoms with Gasteiger partial charge < -0.3 is 10.0 Å². The zero-order valence-corrected chi connectivity index (χ0v) is 12.3. The highest BCUT2D eigenvalue weighted by atomic mass is 16.4. The lowest BCUT2D eigenvalue weighted by atomic mass is 9.81. The van der Waals surface area contributed by atoms with E-state index in [2.05, 4.69) is 12.1 Å². The van der Waals surface area contributed by atoms with Crippen molar-refractivity contribution >= 4 is 11.9 Å². The predicted molar refractivity (Wildman–Crippen MR) is 80.9 cm³/mol. The van der Waals surface area contributed by atoms with Crippen LogP contribution >= 0.6 is 0 Å². The van der Waals surface area contributed by atoms with Gasteiger partial charge in [0.15, 0.2) is 0 Å². The maximum atomic E-state index is 12.9. The average molecular weight is 297 g/mol. The van der Waals surface area contributed by atoms with Crippen LogP contribution < -0.4 is 0 Å². The van der Waals surface area contributed by atoms with Gasteiger partial charge in [0.2, 0.25) is 5.91 Å². The number of amides is 1. The molecule has 22 heavy (non-hydrogen) atoms. The summed E-state index contributed by atoms with van der Waals surface area (Å²) in [5, 5.41) is 9.51. The van der Waals surface area contributed by atoms with Gasteiger partial charge >= 0.3 is 5.97 Å². The predicted octanol–water partition coefficient (Wildman–Crippen LogP) is 2.09. The van der Waals surface area contributed by atoms with Crippen LogP contribution in [0.5, 0.6) is 0 Å². The number of benzene rings is 1. The zero-order chi connectivity index (χ0) is 15.3. The minimum Gasteiger partial charge on any atom is -0.481 e. The standard InChI is InChI=1S/C18H19NO3/c20-17(15-12-5-6-13(9-12)16(15)18(21)22)19-8-7-11-3-1-2-4-14(11)10-19/h1-6,12-13,15-16H,7-10H2,(H,21,22)/t12-,13-,15+,16+/m0/s1. The van der Waals surface area contributed by atoms with Crippen molar-refractivity contribution in [2.24, 2.45) is 23.7 Å². The quantitative estimate of drug-likeness (QED) is 0.850. The van der Waals surface area contributed by atoms with Crippen LogP contribution in [0.1, 0.15) is 17.5 Å². The molecule has 1 aliphatic heterocycles. The molecule has 1 aromatic carbocycles. The Kier molecular flexibility index (Phi) is 3.06. The van der Waals surface area contributed by atoms with Crippen molar-refractivity contribution in [3.63, 3.8) is 0 Å². The normalized spacial score (nSPS) is 32.1. The molecule has 114 valence electrons. The molecule has 1 heterocycles. The molecule has 1 amide bonds. The summed E-state index contributed by atoms with van der Waals surface area (Å²) in [6.07, 6.45) is 5.71. The highest BCUT2D eigenvalue weighted by Crippen LogP contribution is 2.49. The van der Waals surface area contributed by atoms with Gasteiger partial charge in [-0.1, -0.05) is 36.4 Å². The van der Waals surface area contributed by atoms with E-state index in [0.717, 1.165) is 12.8 Å². The molecule has 4 nitrogen and oxygen atoms in total. The Morgan fingerprint density at radius 2 is 1.73 bits per heavy atom. The maximum Gasteiger partial charge on any atom is 0.307 e. The van der Waals surface area contributed by atoms with Gasteiger partial charge in [-0.15, -0.1) is 0 Å². The number of carbonyl (C=O) groups is 2. The molecule has 0 aromatic heterocycles. The topological polar surface area (TPSA) is 57.6 Å². The SMILES string of the molecule is O=C(O)[C@H]1[C@H](C(=O)N2CCc3ccccc3C2)[C@H]2C=C[C@H]1C2. The highest BCUT2D eigenvalue weighted by Gasteiger charge is 2.52. The number of fused-ring (bicyclic) bond motifs is 3. The summed E-state index contributed by atoms with van der Waals surface area (Å²) in [5.74, 6) is -1.58. The Labute approximate surface area is 129 Å². The number of aliphatic carboxylic acids is 1. The minimum absolute atomic E-state index is 0.0266. The molecule has 0 saturated heterocycles. The van der Waals surface area contributed by atoms with Crippen molar-refractivity contribution in [1.29, 1.82) is 0 Å². The third-order valence-corrected chi connectivity index (χ3v) is 5.47. The van der Waals surface area contributed by atoms with Crippen LogP contribution in [-0.4, -0.2) is 28.4 Å². The molecule has 1 N–H and O–H groups in total. The molecule has 4 rings (SSSR count). The number of carbonyl (C=O) groups excluding carboxylic acids is 1. The first kappa shape index (κ1) is 13.6. The van der Waals surface area contributed by atoms with Gasteiger partial charge in [0, 0.05) is 13.1 Å². The molecule has 0 spiro atoms. The van der Waals surface area contributed by atoms with Crippen LogP contribution in [0.2, 0.25) is 0 Å². The van der Waals surface area contributed by atoms with Crippen LogP contribution in [0.4, 0.5) is 0 Å². The fourth-order valence-corrected chi connectivity index (χ4v) is 4.39. The van der Waals surface area contributed by atoms with Crippen LogP contribution in [0.25, 0.3) is 0 Å². The van der Waals surface area contributed by atoms with Gasteiger partial charge in [0.05, 0.1) is 11.8 Å².